The molecule has 188 valence electrons. The number of pyridine rings is 1. The molecule has 2 aliphatic heterocycles. The number of amides is 2. The first kappa shape index (κ1) is 24.1. The molecule has 1 unspecified atom stereocenters. The summed E-state index contributed by atoms with van der Waals surface area (Å²) in [5.74, 6) is -0.670. The van der Waals surface area contributed by atoms with Crippen molar-refractivity contribution in [3.63, 3.8) is 0 Å². The number of hydrazone groups is 1. The third-order valence-electron chi connectivity index (χ3n) is 6.38. The molecule has 3 aromatic rings. The summed E-state index contributed by atoms with van der Waals surface area (Å²) in [6.07, 6.45) is 2.73. The fraction of sp³-hybridized carbons (Fsp3) is 0.333. The topological polar surface area (TPSA) is 102 Å². The molecular weight excluding hydrogens is 492 g/mol. The van der Waals surface area contributed by atoms with Crippen LogP contribution in [0.15, 0.2) is 35.6 Å². The normalized spacial score (nSPS) is 17.6. The zero-order chi connectivity index (χ0) is 25.6. The zero-order valence-electron chi connectivity index (χ0n) is 19.7. The summed E-state index contributed by atoms with van der Waals surface area (Å²) in [5.41, 5.74) is 8.86. The quantitative estimate of drug-likeness (QED) is 0.555. The second-order valence-corrected chi connectivity index (χ2v) is 9.20. The number of hydrogen-bond acceptors (Lipinski definition) is 6. The van der Waals surface area contributed by atoms with Crippen molar-refractivity contribution >= 4 is 23.8 Å². The SMILES string of the molecule is Cc1nn(-c2cc(OC3CN(C(=O)N4N=CCC4c4cc(F)cc(Cl)c4)C3)c(F)cn2)c(C)c1CN. The average Bonchev–Trinajstić information content (AvgIpc) is 3.40. The maximum Gasteiger partial charge on any atom is 0.341 e. The number of carbonyl (C=O) groups excluding carboxylic acids is 1. The number of urea groups is 1. The summed E-state index contributed by atoms with van der Waals surface area (Å²) in [5, 5.41) is 10.2. The minimum atomic E-state index is -0.615. The summed E-state index contributed by atoms with van der Waals surface area (Å²) in [6, 6.07) is 4.85. The Morgan fingerprint density at radius 1 is 1.22 bits per heavy atom. The van der Waals surface area contributed by atoms with Crippen LogP contribution in [-0.2, 0) is 6.54 Å². The number of hydrogen-bond donors (Lipinski definition) is 1. The minimum absolute atomic E-state index is 0.0189. The monoisotopic (exact) mass is 515 g/mol. The lowest BCUT2D eigenvalue weighted by molar-refractivity contribution is 0.0256. The van der Waals surface area contributed by atoms with Gasteiger partial charge in [-0.25, -0.2) is 28.3 Å². The van der Waals surface area contributed by atoms with Crippen LogP contribution < -0.4 is 10.5 Å². The van der Waals surface area contributed by atoms with E-state index in [9.17, 15) is 13.6 Å². The molecule has 4 heterocycles. The van der Waals surface area contributed by atoms with E-state index in [1.165, 1.54) is 28.1 Å². The first-order chi connectivity index (χ1) is 17.2. The van der Waals surface area contributed by atoms with Gasteiger partial charge in [-0.1, -0.05) is 11.6 Å². The minimum Gasteiger partial charge on any atom is -0.483 e. The summed E-state index contributed by atoms with van der Waals surface area (Å²) < 4.78 is 35.7. The molecule has 2 amide bonds. The van der Waals surface area contributed by atoms with Gasteiger partial charge in [0, 0.05) is 41.5 Å². The van der Waals surface area contributed by atoms with Crippen LogP contribution in [0.5, 0.6) is 5.75 Å². The van der Waals surface area contributed by atoms with Crippen molar-refractivity contribution in [2.75, 3.05) is 13.1 Å². The number of rotatable bonds is 5. The molecule has 2 aromatic heterocycles. The van der Waals surface area contributed by atoms with Crippen LogP contribution in [0.3, 0.4) is 0 Å². The first-order valence-electron chi connectivity index (χ1n) is 11.4. The maximum absolute atomic E-state index is 14.5. The number of carbonyl (C=O) groups is 1. The van der Waals surface area contributed by atoms with Crippen molar-refractivity contribution in [1.82, 2.24) is 24.7 Å². The predicted molar refractivity (Wildman–Crippen MR) is 129 cm³/mol. The van der Waals surface area contributed by atoms with Crippen LogP contribution in [0.2, 0.25) is 5.02 Å². The fourth-order valence-electron chi connectivity index (χ4n) is 4.45. The van der Waals surface area contributed by atoms with E-state index in [2.05, 4.69) is 15.2 Å². The summed E-state index contributed by atoms with van der Waals surface area (Å²) in [7, 11) is 0. The Hall–Kier alpha value is -3.57. The van der Waals surface area contributed by atoms with Crippen molar-refractivity contribution in [3.05, 3.63) is 69.6 Å². The molecule has 1 saturated heterocycles. The van der Waals surface area contributed by atoms with Gasteiger partial charge in [-0.15, -0.1) is 0 Å². The van der Waals surface area contributed by atoms with Gasteiger partial charge in [0.05, 0.1) is 31.0 Å². The van der Waals surface area contributed by atoms with E-state index in [1.54, 1.807) is 17.0 Å². The highest BCUT2D eigenvalue weighted by Crippen LogP contribution is 2.33. The highest BCUT2D eigenvalue weighted by molar-refractivity contribution is 6.30. The molecule has 12 heteroatoms. The van der Waals surface area contributed by atoms with E-state index in [1.807, 2.05) is 13.8 Å². The van der Waals surface area contributed by atoms with Crippen molar-refractivity contribution in [3.8, 4) is 11.6 Å². The largest absolute Gasteiger partial charge is 0.483 e. The number of likely N-dealkylation sites (tertiary alicyclic amines) is 1. The molecule has 5 rings (SSSR count). The van der Waals surface area contributed by atoms with Crippen LogP contribution >= 0.6 is 11.6 Å². The summed E-state index contributed by atoms with van der Waals surface area (Å²) >= 11 is 5.98. The van der Waals surface area contributed by atoms with Crippen LogP contribution in [0.1, 0.15) is 35.0 Å². The Balaban J connectivity index is 1.25. The number of aryl methyl sites for hydroxylation is 1. The first-order valence-corrected chi connectivity index (χ1v) is 11.8. The average molecular weight is 516 g/mol. The lowest BCUT2D eigenvalue weighted by atomic mass is 10.0. The second-order valence-electron chi connectivity index (χ2n) is 8.76. The number of benzene rings is 1. The van der Waals surface area contributed by atoms with Crippen LogP contribution in [0.4, 0.5) is 13.6 Å². The summed E-state index contributed by atoms with van der Waals surface area (Å²) in [4.78, 5) is 18.7. The molecule has 2 N–H and O–H groups in total. The molecule has 0 aliphatic carbocycles. The van der Waals surface area contributed by atoms with Gasteiger partial charge in [0.25, 0.3) is 0 Å². The van der Waals surface area contributed by atoms with Gasteiger partial charge in [0.2, 0.25) is 0 Å². The van der Waals surface area contributed by atoms with Crippen molar-refractivity contribution in [2.24, 2.45) is 10.8 Å². The highest BCUT2D eigenvalue weighted by Gasteiger charge is 2.39. The third-order valence-corrected chi connectivity index (χ3v) is 6.59. The third kappa shape index (κ3) is 4.40. The highest BCUT2D eigenvalue weighted by atomic mass is 35.5. The Morgan fingerprint density at radius 3 is 2.69 bits per heavy atom. The Labute approximate surface area is 211 Å². The molecule has 2 aliphatic rings. The maximum atomic E-state index is 14.5. The van der Waals surface area contributed by atoms with Crippen molar-refractivity contribution < 1.29 is 18.3 Å². The fourth-order valence-corrected chi connectivity index (χ4v) is 4.68. The van der Waals surface area contributed by atoms with Crippen LogP contribution in [0.25, 0.3) is 5.82 Å². The predicted octanol–water partition coefficient (Wildman–Crippen LogP) is 3.89. The van der Waals surface area contributed by atoms with Gasteiger partial charge in [-0.05, 0) is 37.6 Å². The molecule has 36 heavy (non-hydrogen) atoms. The van der Waals surface area contributed by atoms with Gasteiger partial charge in [-0.2, -0.15) is 10.2 Å². The molecule has 1 aromatic carbocycles. The Bertz CT molecular complexity index is 1340. The van der Waals surface area contributed by atoms with E-state index in [-0.39, 0.29) is 29.9 Å². The number of halogens is 3. The van der Waals surface area contributed by atoms with Gasteiger partial charge >= 0.3 is 6.03 Å². The van der Waals surface area contributed by atoms with E-state index >= 15 is 0 Å². The molecule has 1 atom stereocenters. The molecule has 0 spiro atoms. The summed E-state index contributed by atoms with van der Waals surface area (Å²) in [6.45, 7) is 4.55. The Morgan fingerprint density at radius 2 is 2.00 bits per heavy atom. The number of aromatic nitrogens is 3. The second kappa shape index (κ2) is 9.47. The van der Waals surface area contributed by atoms with E-state index in [0.29, 0.717) is 24.3 Å². The molecule has 1 fully saturated rings. The van der Waals surface area contributed by atoms with E-state index in [4.69, 9.17) is 22.1 Å². The van der Waals surface area contributed by atoms with Gasteiger partial charge in [0.1, 0.15) is 11.9 Å². The molecule has 0 radical (unpaired) electrons. The van der Waals surface area contributed by atoms with Gasteiger partial charge < -0.3 is 15.4 Å². The van der Waals surface area contributed by atoms with Crippen molar-refractivity contribution in [2.45, 2.75) is 39.0 Å². The lowest BCUT2D eigenvalue weighted by Crippen LogP contribution is -2.58. The van der Waals surface area contributed by atoms with Crippen LogP contribution in [0, 0.1) is 25.5 Å². The van der Waals surface area contributed by atoms with Crippen molar-refractivity contribution in [1.29, 1.82) is 0 Å². The standard InChI is InChI=1S/C24H24ClF2N7O2/c1-13-19(9-28)14(2)33(31-13)23-8-22(20(27)10-29-23)36-18-11-32(12-18)24(35)34-21(3-4-30-34)15-5-16(25)7-17(26)6-15/h4-8,10,18,21H,3,9,11-12,28H2,1-2H3. The van der Waals surface area contributed by atoms with Gasteiger partial charge in [0.15, 0.2) is 17.4 Å². The molecular formula is C24H24ClF2N7O2. The number of nitrogens with zero attached hydrogens (tertiary/aromatic N) is 6. The van der Waals surface area contributed by atoms with E-state index < -0.39 is 23.8 Å². The molecule has 0 bridgehead atoms. The zero-order valence-corrected chi connectivity index (χ0v) is 20.4. The lowest BCUT2D eigenvalue weighted by Gasteiger charge is -2.41. The Kier molecular flexibility index (Phi) is 6.35. The number of nitrogens with two attached hydrogens (primary N) is 1. The molecule has 9 nitrogen and oxygen atoms in total. The smallest absolute Gasteiger partial charge is 0.341 e. The van der Waals surface area contributed by atoms with E-state index in [0.717, 1.165) is 23.1 Å². The number of ether oxygens (including phenoxy) is 1. The van der Waals surface area contributed by atoms with Gasteiger partial charge in [-0.3, -0.25) is 0 Å². The van der Waals surface area contributed by atoms with Crippen LogP contribution in [-0.4, -0.2) is 56.1 Å². The molecule has 0 saturated carbocycles.